The van der Waals surface area contributed by atoms with E-state index in [-0.39, 0.29) is 32.7 Å². The van der Waals surface area contributed by atoms with E-state index in [1.807, 2.05) is 0 Å². The summed E-state index contributed by atoms with van der Waals surface area (Å²) >= 11 is 0. The van der Waals surface area contributed by atoms with Crippen LogP contribution in [0.5, 0.6) is 0 Å². The number of hydrogen-bond acceptors (Lipinski definition) is 0. The van der Waals surface area contributed by atoms with Crippen molar-refractivity contribution in [2.75, 3.05) is 0 Å². The van der Waals surface area contributed by atoms with Crippen LogP contribution in [-0.4, -0.2) is 18.4 Å². The van der Waals surface area contributed by atoms with Crippen molar-refractivity contribution in [3.05, 3.63) is 364 Å². The Morgan fingerprint density at radius 2 is 0.171 bits per heavy atom. The first kappa shape index (κ1) is 52.8. The Morgan fingerprint density at radius 1 is 0.105 bits per heavy atom. The van der Waals surface area contributed by atoms with Gasteiger partial charge in [0, 0.05) is 0 Å². The average Bonchev–Trinajstić information content (AvgIpc) is 3.54. The summed E-state index contributed by atoms with van der Waals surface area (Å²) < 4.78 is 0. The second-order valence-corrected chi connectivity index (χ2v) is 19.5. The standard InChI is InChI=1S/3C24H20B.Y/c3*1-5-13-21(14-6-1)25(22-15-7-2-8-16-22,23-17-9-3-10-18-23)24-19-11-4-12-20-24;/h3*1-20H;/q3*-1;+3. The molecule has 12 aromatic carbocycles. The van der Waals surface area contributed by atoms with Crippen molar-refractivity contribution < 1.29 is 32.7 Å². The molecular weight excluding hydrogens is 986 g/mol. The Hall–Kier alpha value is -8.06. The third-order valence-corrected chi connectivity index (χ3v) is 15.6. The summed E-state index contributed by atoms with van der Waals surface area (Å²) in [7, 11) is 0. The van der Waals surface area contributed by atoms with Gasteiger partial charge in [-0.25, -0.2) is 0 Å². The van der Waals surface area contributed by atoms with Gasteiger partial charge in [0.1, 0.15) is 18.4 Å². The predicted octanol–water partition coefficient (Wildman–Crippen LogP) is 9.19. The molecule has 76 heavy (non-hydrogen) atoms. The summed E-state index contributed by atoms with van der Waals surface area (Å²) in [5.74, 6) is 0. The molecule has 4 heteroatoms. The van der Waals surface area contributed by atoms with Crippen LogP contribution in [0.15, 0.2) is 364 Å². The second kappa shape index (κ2) is 25.9. The van der Waals surface area contributed by atoms with E-state index in [0.717, 1.165) is 0 Å². The van der Waals surface area contributed by atoms with E-state index < -0.39 is 18.4 Å². The van der Waals surface area contributed by atoms with Crippen LogP contribution in [-0.2, 0) is 32.7 Å². The molecule has 12 aromatic rings. The van der Waals surface area contributed by atoms with Crippen molar-refractivity contribution >= 4 is 84.0 Å². The maximum atomic E-state index is 2.26. The third-order valence-electron chi connectivity index (χ3n) is 15.6. The maximum absolute atomic E-state index is 2.26. The molecule has 0 radical (unpaired) electrons. The zero-order valence-electron chi connectivity index (χ0n) is 43.0. The molecule has 0 unspecified atom stereocenters. The van der Waals surface area contributed by atoms with Crippen molar-refractivity contribution in [2.45, 2.75) is 0 Å². The molecule has 12 rings (SSSR count). The molecule has 0 spiro atoms. The largest absolute Gasteiger partial charge is 3.00 e. The smallest absolute Gasteiger partial charge is 0.195 e. The molecule has 0 aliphatic heterocycles. The molecule has 0 N–H and O–H groups in total. The average molecular weight is 1050 g/mol. The van der Waals surface area contributed by atoms with Crippen LogP contribution >= 0.6 is 0 Å². The minimum absolute atomic E-state index is 0. The topological polar surface area (TPSA) is 0 Å². The molecule has 0 heterocycles. The van der Waals surface area contributed by atoms with Crippen LogP contribution in [0.3, 0.4) is 0 Å². The first-order chi connectivity index (χ1) is 37.3. The van der Waals surface area contributed by atoms with Crippen LogP contribution in [0.4, 0.5) is 0 Å². The van der Waals surface area contributed by atoms with E-state index in [0.29, 0.717) is 0 Å². The molecule has 0 nitrogen and oxygen atoms in total. The Bertz CT molecular complexity index is 2650. The predicted molar refractivity (Wildman–Crippen MR) is 330 cm³/mol. The van der Waals surface area contributed by atoms with Crippen molar-refractivity contribution in [1.82, 2.24) is 0 Å². The molecule has 0 aromatic heterocycles. The van der Waals surface area contributed by atoms with Gasteiger partial charge < -0.3 is 0 Å². The van der Waals surface area contributed by atoms with Gasteiger partial charge in [0.05, 0.1) is 0 Å². The molecule has 0 atom stereocenters. The normalized spacial score (nSPS) is 11.1. The van der Waals surface area contributed by atoms with Gasteiger partial charge in [0.25, 0.3) is 0 Å². The fourth-order valence-corrected chi connectivity index (χ4v) is 12.4. The minimum atomic E-state index is -1.22. The summed E-state index contributed by atoms with van der Waals surface area (Å²) in [6.07, 6.45) is -3.65. The fraction of sp³-hybridized carbons (Fsp3) is 0. The molecule has 0 bridgehead atoms. The van der Waals surface area contributed by atoms with Gasteiger partial charge in [0.2, 0.25) is 0 Å². The Morgan fingerprint density at radius 3 is 0.237 bits per heavy atom. The maximum Gasteiger partial charge on any atom is 3.00 e. The van der Waals surface area contributed by atoms with Crippen LogP contribution in [0.25, 0.3) is 0 Å². The number of rotatable bonds is 12. The van der Waals surface area contributed by atoms with E-state index >= 15 is 0 Å². The van der Waals surface area contributed by atoms with Crippen LogP contribution in [0, 0.1) is 0 Å². The van der Waals surface area contributed by atoms with Gasteiger partial charge in [0.15, 0.2) is 0 Å². The molecule has 0 aliphatic carbocycles. The van der Waals surface area contributed by atoms with Crippen molar-refractivity contribution in [3.63, 3.8) is 0 Å². The van der Waals surface area contributed by atoms with E-state index in [2.05, 4.69) is 364 Å². The Labute approximate surface area is 476 Å². The van der Waals surface area contributed by atoms with Gasteiger partial charge in [-0.3, -0.25) is 0 Å². The summed E-state index contributed by atoms with van der Waals surface area (Å²) in [5.41, 5.74) is 16.1. The van der Waals surface area contributed by atoms with Crippen LogP contribution in [0.1, 0.15) is 0 Å². The van der Waals surface area contributed by atoms with Gasteiger partial charge in [-0.2, -0.15) is 65.6 Å². The molecule has 0 amide bonds. The number of hydrogen-bond donors (Lipinski definition) is 0. The zero-order chi connectivity index (χ0) is 50.9. The summed E-state index contributed by atoms with van der Waals surface area (Å²) in [6.45, 7) is 0. The summed E-state index contributed by atoms with van der Waals surface area (Å²) in [6, 6.07) is 131. The quantitative estimate of drug-likeness (QED) is 0.107. The minimum Gasteiger partial charge on any atom is -0.195 e. The van der Waals surface area contributed by atoms with E-state index in [1.54, 1.807) is 0 Å². The van der Waals surface area contributed by atoms with Crippen LogP contribution < -0.4 is 65.6 Å². The molecule has 360 valence electrons. The van der Waals surface area contributed by atoms with Gasteiger partial charge >= 0.3 is 32.7 Å². The summed E-state index contributed by atoms with van der Waals surface area (Å²) in [4.78, 5) is 0. The summed E-state index contributed by atoms with van der Waals surface area (Å²) in [5, 5.41) is 0. The number of benzene rings is 12. The Balaban J connectivity index is 0.000000138. The third kappa shape index (κ3) is 10.9. The van der Waals surface area contributed by atoms with Gasteiger partial charge in [-0.15, -0.1) is 0 Å². The second-order valence-electron chi connectivity index (χ2n) is 19.5. The van der Waals surface area contributed by atoms with Crippen molar-refractivity contribution in [3.8, 4) is 0 Å². The molecule has 0 saturated heterocycles. The van der Waals surface area contributed by atoms with E-state index in [9.17, 15) is 0 Å². The van der Waals surface area contributed by atoms with E-state index in [4.69, 9.17) is 0 Å². The zero-order valence-corrected chi connectivity index (χ0v) is 45.8. The van der Waals surface area contributed by atoms with Crippen molar-refractivity contribution in [1.29, 1.82) is 0 Å². The first-order valence-electron chi connectivity index (χ1n) is 26.4. The monoisotopic (exact) mass is 1050 g/mol. The fourth-order valence-electron chi connectivity index (χ4n) is 12.4. The molecule has 0 fully saturated rings. The molecular formula is C72H60B3Y. The van der Waals surface area contributed by atoms with Crippen LogP contribution in [0.2, 0.25) is 0 Å². The SMILES string of the molecule is [Y+3].c1ccc([B-](c2ccccc2)(c2ccccc2)c2ccccc2)cc1.c1ccc([B-](c2ccccc2)(c2ccccc2)c2ccccc2)cc1.c1ccc([B-](c2ccccc2)(c2ccccc2)c2ccccc2)cc1. The molecule has 0 saturated carbocycles. The van der Waals surface area contributed by atoms with Gasteiger partial charge in [-0.05, 0) is 0 Å². The van der Waals surface area contributed by atoms with Gasteiger partial charge in [-0.1, -0.05) is 364 Å². The van der Waals surface area contributed by atoms with Crippen molar-refractivity contribution in [2.24, 2.45) is 0 Å². The van der Waals surface area contributed by atoms with E-state index in [1.165, 1.54) is 65.6 Å². The molecule has 0 aliphatic rings. The Kier molecular flexibility index (Phi) is 18.0. The first-order valence-corrected chi connectivity index (χ1v) is 26.4.